The smallest absolute Gasteiger partial charge is 0.222 e. The van der Waals surface area contributed by atoms with Gasteiger partial charge in [0.05, 0.1) is 12.3 Å². The second-order valence-corrected chi connectivity index (χ2v) is 5.56. The van der Waals surface area contributed by atoms with Crippen LogP contribution in [0.2, 0.25) is 0 Å². The number of carbonyl (C=O) groups excluding carboxylic acids is 1. The summed E-state index contributed by atoms with van der Waals surface area (Å²) in [7, 11) is 0. The predicted molar refractivity (Wildman–Crippen MR) is 92.3 cm³/mol. The van der Waals surface area contributed by atoms with E-state index in [1.54, 1.807) is 0 Å². The van der Waals surface area contributed by atoms with Crippen molar-refractivity contribution in [1.29, 1.82) is 0 Å². The highest BCUT2D eigenvalue weighted by molar-refractivity contribution is 7.80. The van der Waals surface area contributed by atoms with E-state index in [1.807, 2.05) is 36.1 Å². The van der Waals surface area contributed by atoms with E-state index in [2.05, 4.69) is 10.6 Å². The molecule has 1 fully saturated rings. The molecule has 120 valence electrons. The van der Waals surface area contributed by atoms with E-state index in [4.69, 9.17) is 17.0 Å². The first-order valence-electron chi connectivity index (χ1n) is 7.75. The van der Waals surface area contributed by atoms with Crippen molar-refractivity contribution in [2.24, 2.45) is 0 Å². The molecule has 5 nitrogen and oxygen atoms in total. The lowest BCUT2D eigenvalue weighted by molar-refractivity contribution is -0.127. The molecule has 2 N–H and O–H groups in total. The van der Waals surface area contributed by atoms with Gasteiger partial charge < -0.3 is 20.3 Å². The van der Waals surface area contributed by atoms with Gasteiger partial charge in [-0.3, -0.25) is 4.79 Å². The van der Waals surface area contributed by atoms with Crippen LogP contribution in [0.1, 0.15) is 26.2 Å². The molecule has 2 rings (SSSR count). The zero-order valence-electron chi connectivity index (χ0n) is 12.9. The van der Waals surface area contributed by atoms with Crippen molar-refractivity contribution in [3.05, 3.63) is 24.3 Å². The summed E-state index contributed by atoms with van der Waals surface area (Å²) < 4.78 is 5.55. The number of benzene rings is 1. The number of ether oxygens (including phenoxy) is 1. The molecule has 0 aromatic heterocycles. The number of carbonyl (C=O) groups is 1. The van der Waals surface area contributed by atoms with E-state index in [0.717, 1.165) is 43.9 Å². The van der Waals surface area contributed by atoms with Crippen LogP contribution in [-0.4, -0.2) is 42.2 Å². The molecule has 0 atom stereocenters. The minimum absolute atomic E-state index is 0.270. The number of hydrogen-bond donors (Lipinski definition) is 2. The van der Waals surface area contributed by atoms with E-state index in [9.17, 15) is 4.79 Å². The Morgan fingerprint density at radius 2 is 2.23 bits per heavy atom. The molecule has 0 aliphatic carbocycles. The monoisotopic (exact) mass is 321 g/mol. The van der Waals surface area contributed by atoms with Crippen molar-refractivity contribution in [3.63, 3.8) is 0 Å². The van der Waals surface area contributed by atoms with Gasteiger partial charge in [-0.1, -0.05) is 12.1 Å². The van der Waals surface area contributed by atoms with Crippen LogP contribution in [0.15, 0.2) is 24.3 Å². The molecule has 0 radical (unpaired) electrons. The number of thiocarbonyl (C=S) groups is 1. The zero-order chi connectivity index (χ0) is 15.8. The fourth-order valence-corrected chi connectivity index (χ4v) is 2.64. The quantitative estimate of drug-likeness (QED) is 0.596. The molecule has 1 aromatic rings. The first-order valence-corrected chi connectivity index (χ1v) is 8.16. The van der Waals surface area contributed by atoms with Crippen LogP contribution in [0.4, 0.5) is 5.69 Å². The maximum atomic E-state index is 11.5. The number of amides is 1. The van der Waals surface area contributed by atoms with Crippen molar-refractivity contribution in [2.75, 3.05) is 31.6 Å². The summed E-state index contributed by atoms with van der Waals surface area (Å²) in [5.74, 6) is 1.06. The fourth-order valence-electron chi connectivity index (χ4n) is 2.43. The van der Waals surface area contributed by atoms with Crippen LogP contribution < -0.4 is 15.4 Å². The Bertz CT molecular complexity index is 522. The van der Waals surface area contributed by atoms with E-state index < -0.39 is 0 Å². The molecule has 1 amide bonds. The van der Waals surface area contributed by atoms with Gasteiger partial charge >= 0.3 is 0 Å². The molecule has 1 saturated heterocycles. The number of likely N-dealkylation sites (tertiary alicyclic amines) is 1. The Hall–Kier alpha value is -1.82. The summed E-state index contributed by atoms with van der Waals surface area (Å²) in [6.45, 7) is 5.00. The largest absolute Gasteiger partial charge is 0.492 e. The lowest BCUT2D eigenvalue weighted by atomic mass is 10.3. The van der Waals surface area contributed by atoms with Crippen LogP contribution in [0.5, 0.6) is 5.75 Å². The summed E-state index contributed by atoms with van der Waals surface area (Å²) in [5, 5.41) is 6.88. The number of anilines is 1. The van der Waals surface area contributed by atoms with E-state index in [1.165, 1.54) is 0 Å². The molecule has 1 aliphatic rings. The van der Waals surface area contributed by atoms with Gasteiger partial charge in [-0.25, -0.2) is 0 Å². The first kappa shape index (κ1) is 16.5. The summed E-state index contributed by atoms with van der Waals surface area (Å²) in [6, 6.07) is 7.71. The second-order valence-electron chi connectivity index (χ2n) is 5.15. The average molecular weight is 321 g/mol. The number of hydrogen-bond acceptors (Lipinski definition) is 3. The van der Waals surface area contributed by atoms with Crippen LogP contribution in [0.3, 0.4) is 0 Å². The van der Waals surface area contributed by atoms with Gasteiger partial charge in [0.15, 0.2) is 5.11 Å². The van der Waals surface area contributed by atoms with Crippen LogP contribution >= 0.6 is 12.2 Å². The van der Waals surface area contributed by atoms with Crippen molar-refractivity contribution in [3.8, 4) is 5.75 Å². The SMILES string of the molecule is CCOc1ccccc1NC(=S)NCCCN1CCCC1=O. The summed E-state index contributed by atoms with van der Waals surface area (Å²) in [4.78, 5) is 13.4. The Labute approximate surface area is 137 Å². The highest BCUT2D eigenvalue weighted by atomic mass is 32.1. The highest BCUT2D eigenvalue weighted by Crippen LogP contribution is 2.23. The molecule has 0 saturated carbocycles. The number of nitrogens with zero attached hydrogens (tertiary/aromatic N) is 1. The third-order valence-corrected chi connectivity index (χ3v) is 3.74. The minimum atomic E-state index is 0.270. The predicted octanol–water partition coefficient (Wildman–Crippen LogP) is 2.38. The maximum absolute atomic E-state index is 11.5. The molecular formula is C16H23N3O2S. The average Bonchev–Trinajstić information content (AvgIpc) is 2.91. The Morgan fingerprint density at radius 3 is 2.95 bits per heavy atom. The standard InChI is InChI=1S/C16H23N3O2S/c1-2-21-14-8-4-3-7-13(14)18-16(22)17-10-6-12-19-11-5-9-15(19)20/h3-4,7-8H,2,5-6,9-12H2,1H3,(H2,17,18,22). The summed E-state index contributed by atoms with van der Waals surface area (Å²) in [6.07, 6.45) is 2.57. The molecule has 6 heteroatoms. The van der Waals surface area contributed by atoms with Gasteiger partial charge in [0.1, 0.15) is 5.75 Å². The third-order valence-electron chi connectivity index (χ3n) is 3.50. The second kappa shape index (κ2) is 8.58. The van der Waals surface area contributed by atoms with Crippen LogP contribution in [-0.2, 0) is 4.79 Å². The molecule has 1 aliphatic heterocycles. The fraction of sp³-hybridized carbons (Fsp3) is 0.500. The zero-order valence-corrected chi connectivity index (χ0v) is 13.7. The van der Waals surface area contributed by atoms with Gasteiger partial charge in [-0.2, -0.15) is 0 Å². The molecule has 1 aromatic carbocycles. The molecule has 22 heavy (non-hydrogen) atoms. The van der Waals surface area contributed by atoms with Gasteiger partial charge in [0.25, 0.3) is 0 Å². The minimum Gasteiger partial charge on any atom is -0.492 e. The maximum Gasteiger partial charge on any atom is 0.222 e. The van der Waals surface area contributed by atoms with E-state index in [-0.39, 0.29) is 5.91 Å². The Balaban J connectivity index is 1.70. The molecule has 0 unspecified atom stereocenters. The van der Waals surface area contributed by atoms with Gasteiger partial charge in [0.2, 0.25) is 5.91 Å². The molecule has 0 bridgehead atoms. The topological polar surface area (TPSA) is 53.6 Å². The van der Waals surface area contributed by atoms with Gasteiger partial charge in [-0.05, 0) is 44.1 Å². The summed E-state index contributed by atoms with van der Waals surface area (Å²) in [5.41, 5.74) is 0.858. The van der Waals surface area contributed by atoms with Crippen LogP contribution in [0, 0.1) is 0 Å². The molecular weight excluding hydrogens is 298 g/mol. The van der Waals surface area contributed by atoms with Crippen LogP contribution in [0.25, 0.3) is 0 Å². The Morgan fingerprint density at radius 1 is 1.41 bits per heavy atom. The summed E-state index contributed by atoms with van der Waals surface area (Å²) >= 11 is 5.29. The van der Waals surface area contributed by atoms with Crippen molar-refractivity contribution in [1.82, 2.24) is 10.2 Å². The third kappa shape index (κ3) is 4.87. The molecule has 0 spiro atoms. The van der Waals surface area contributed by atoms with Gasteiger partial charge in [-0.15, -0.1) is 0 Å². The lowest BCUT2D eigenvalue weighted by Crippen LogP contribution is -2.32. The van der Waals surface area contributed by atoms with E-state index >= 15 is 0 Å². The van der Waals surface area contributed by atoms with E-state index in [0.29, 0.717) is 18.1 Å². The molecule has 1 heterocycles. The first-order chi connectivity index (χ1) is 10.7. The van der Waals surface area contributed by atoms with Crippen molar-refractivity contribution in [2.45, 2.75) is 26.2 Å². The van der Waals surface area contributed by atoms with Crippen molar-refractivity contribution >= 4 is 28.9 Å². The number of nitrogens with one attached hydrogen (secondary N) is 2. The number of rotatable bonds is 7. The van der Waals surface area contributed by atoms with Gasteiger partial charge in [0, 0.05) is 26.1 Å². The Kier molecular flexibility index (Phi) is 6.45. The highest BCUT2D eigenvalue weighted by Gasteiger charge is 2.18. The van der Waals surface area contributed by atoms with Crippen molar-refractivity contribution < 1.29 is 9.53 Å². The normalized spacial score (nSPS) is 14.0. The lowest BCUT2D eigenvalue weighted by Gasteiger charge is -2.17. The number of para-hydroxylation sites is 2.